The highest BCUT2D eigenvalue weighted by molar-refractivity contribution is 6.30. The van der Waals surface area contributed by atoms with Crippen LogP contribution in [0, 0.1) is 5.92 Å². The Labute approximate surface area is 173 Å². The number of fused-ring (bicyclic) bond motifs is 1. The molecule has 7 nitrogen and oxygen atoms in total. The minimum absolute atomic E-state index is 0.0162. The van der Waals surface area contributed by atoms with Gasteiger partial charge in [0.2, 0.25) is 0 Å². The summed E-state index contributed by atoms with van der Waals surface area (Å²) in [7, 11) is 0. The Morgan fingerprint density at radius 2 is 1.93 bits per heavy atom. The van der Waals surface area contributed by atoms with Crippen molar-refractivity contribution in [2.24, 2.45) is 5.92 Å². The molecule has 2 aromatic carbocycles. The van der Waals surface area contributed by atoms with Crippen molar-refractivity contribution >= 4 is 40.7 Å². The van der Waals surface area contributed by atoms with Crippen LogP contribution in [-0.2, 0) is 4.79 Å². The molecule has 1 fully saturated rings. The summed E-state index contributed by atoms with van der Waals surface area (Å²) in [6, 6.07) is 11.9. The van der Waals surface area contributed by atoms with E-state index in [2.05, 4.69) is 10.6 Å². The maximum atomic E-state index is 12.9. The van der Waals surface area contributed by atoms with Gasteiger partial charge in [0.1, 0.15) is 5.75 Å². The summed E-state index contributed by atoms with van der Waals surface area (Å²) in [6.45, 7) is 0.969. The van der Waals surface area contributed by atoms with E-state index in [0.29, 0.717) is 53.6 Å². The Bertz CT molecular complexity index is 970. The van der Waals surface area contributed by atoms with E-state index in [1.807, 2.05) is 0 Å². The summed E-state index contributed by atoms with van der Waals surface area (Å²) in [5.41, 5.74) is 1.70. The first-order valence-corrected chi connectivity index (χ1v) is 9.80. The number of ketones is 1. The number of rotatable bonds is 3. The molecule has 1 saturated heterocycles. The molecule has 2 N–H and O–H groups in total. The summed E-state index contributed by atoms with van der Waals surface area (Å²) in [5.74, 6) is 0.181. The first kappa shape index (κ1) is 19.3. The normalized spacial score (nSPS) is 16.4. The maximum Gasteiger partial charge on any atom is 0.321 e. The summed E-state index contributed by atoms with van der Waals surface area (Å²) in [5, 5.41) is 6.10. The lowest BCUT2D eigenvalue weighted by molar-refractivity contribution is -0.118. The Morgan fingerprint density at radius 1 is 1.14 bits per heavy atom. The van der Waals surface area contributed by atoms with Crippen LogP contribution in [0.5, 0.6) is 5.75 Å². The molecule has 0 radical (unpaired) electrons. The van der Waals surface area contributed by atoms with Crippen LogP contribution in [0.4, 0.5) is 16.2 Å². The molecular formula is C21H20ClN3O4. The molecule has 0 aromatic heterocycles. The molecule has 2 aliphatic rings. The van der Waals surface area contributed by atoms with Crippen molar-refractivity contribution < 1.29 is 19.1 Å². The van der Waals surface area contributed by atoms with Crippen LogP contribution in [0.15, 0.2) is 42.5 Å². The van der Waals surface area contributed by atoms with E-state index in [1.54, 1.807) is 47.4 Å². The predicted octanol–water partition coefficient (Wildman–Crippen LogP) is 3.80. The predicted molar refractivity (Wildman–Crippen MR) is 110 cm³/mol. The third-order valence-corrected chi connectivity index (χ3v) is 5.36. The fourth-order valence-electron chi connectivity index (χ4n) is 3.59. The monoisotopic (exact) mass is 413 g/mol. The number of hydrogen-bond donors (Lipinski definition) is 2. The first-order chi connectivity index (χ1) is 14.0. The van der Waals surface area contributed by atoms with Crippen LogP contribution in [0.3, 0.4) is 0 Å². The van der Waals surface area contributed by atoms with Gasteiger partial charge in [-0.05, 0) is 49.2 Å². The number of nitrogens with zero attached hydrogens (tertiary/aromatic N) is 1. The molecule has 0 spiro atoms. The number of likely N-dealkylation sites (tertiary alicyclic amines) is 1. The van der Waals surface area contributed by atoms with Gasteiger partial charge < -0.3 is 20.3 Å². The van der Waals surface area contributed by atoms with Crippen molar-refractivity contribution in [3.05, 3.63) is 53.1 Å². The fourth-order valence-corrected chi connectivity index (χ4v) is 3.78. The Balaban J connectivity index is 1.35. The number of hydrogen-bond acceptors (Lipinski definition) is 4. The first-order valence-electron chi connectivity index (χ1n) is 9.42. The Morgan fingerprint density at radius 3 is 2.69 bits per heavy atom. The van der Waals surface area contributed by atoms with E-state index in [9.17, 15) is 14.4 Å². The van der Waals surface area contributed by atoms with Gasteiger partial charge in [0.15, 0.2) is 12.4 Å². The molecular weight excluding hydrogens is 394 g/mol. The summed E-state index contributed by atoms with van der Waals surface area (Å²) < 4.78 is 5.33. The molecule has 3 amide bonds. The number of Topliss-reactive ketones (excluding diaryl/α,β-unsaturated/α-hetero) is 1. The standard InChI is InChI=1S/C21H20ClN3O4/c22-15-2-1-3-16(11-15)23-21(28)25-8-6-13(7-9-25)20(27)14-4-5-18-17(10-14)24-19(26)12-29-18/h1-5,10-11,13H,6-9,12H2,(H,23,28)(H,24,26). The molecule has 0 aliphatic carbocycles. The number of benzene rings is 2. The molecule has 2 aromatic rings. The average molecular weight is 414 g/mol. The van der Waals surface area contributed by atoms with Gasteiger partial charge in [-0.1, -0.05) is 17.7 Å². The van der Waals surface area contributed by atoms with Crippen LogP contribution in [-0.4, -0.2) is 42.3 Å². The molecule has 8 heteroatoms. The van der Waals surface area contributed by atoms with E-state index >= 15 is 0 Å². The number of carbonyl (C=O) groups excluding carboxylic acids is 3. The lowest BCUT2D eigenvalue weighted by Crippen LogP contribution is -2.42. The van der Waals surface area contributed by atoms with Crippen molar-refractivity contribution in [2.75, 3.05) is 30.3 Å². The number of amides is 3. The smallest absolute Gasteiger partial charge is 0.321 e. The molecule has 0 bridgehead atoms. The third kappa shape index (κ3) is 4.35. The SMILES string of the molecule is O=C1COc2ccc(C(=O)C3CCN(C(=O)Nc4cccc(Cl)c4)CC3)cc2N1. The number of halogens is 1. The van der Waals surface area contributed by atoms with Crippen molar-refractivity contribution in [1.29, 1.82) is 0 Å². The second-order valence-corrected chi connectivity index (χ2v) is 7.55. The maximum absolute atomic E-state index is 12.9. The molecule has 2 aliphatic heterocycles. The third-order valence-electron chi connectivity index (χ3n) is 5.13. The van der Waals surface area contributed by atoms with Gasteiger partial charge in [0.25, 0.3) is 5.91 Å². The van der Waals surface area contributed by atoms with Crippen LogP contribution in [0.2, 0.25) is 5.02 Å². The van der Waals surface area contributed by atoms with Gasteiger partial charge in [0.05, 0.1) is 5.69 Å². The van der Waals surface area contributed by atoms with Gasteiger partial charge in [-0.15, -0.1) is 0 Å². The van der Waals surface area contributed by atoms with Crippen molar-refractivity contribution in [3.8, 4) is 5.75 Å². The Kier molecular flexibility index (Phi) is 5.40. The number of nitrogens with one attached hydrogen (secondary N) is 2. The largest absolute Gasteiger partial charge is 0.482 e. The zero-order chi connectivity index (χ0) is 20.4. The highest BCUT2D eigenvalue weighted by Gasteiger charge is 2.29. The van der Waals surface area contributed by atoms with E-state index < -0.39 is 0 Å². The number of urea groups is 1. The molecule has 29 heavy (non-hydrogen) atoms. The van der Waals surface area contributed by atoms with Crippen LogP contribution in [0.1, 0.15) is 23.2 Å². The number of piperidine rings is 1. The second-order valence-electron chi connectivity index (χ2n) is 7.11. The summed E-state index contributed by atoms with van der Waals surface area (Å²) in [4.78, 5) is 38.5. The lowest BCUT2D eigenvalue weighted by atomic mass is 9.88. The second kappa shape index (κ2) is 8.13. The van der Waals surface area contributed by atoms with E-state index in [-0.39, 0.29) is 30.2 Å². The van der Waals surface area contributed by atoms with Gasteiger partial charge in [0, 0.05) is 35.3 Å². The molecule has 0 unspecified atom stereocenters. The molecule has 0 atom stereocenters. The van der Waals surface area contributed by atoms with Gasteiger partial charge in [-0.25, -0.2) is 4.79 Å². The zero-order valence-electron chi connectivity index (χ0n) is 15.6. The van der Waals surface area contributed by atoms with Gasteiger partial charge >= 0.3 is 6.03 Å². The fraction of sp³-hybridized carbons (Fsp3) is 0.286. The number of ether oxygens (including phenoxy) is 1. The molecule has 0 saturated carbocycles. The lowest BCUT2D eigenvalue weighted by Gasteiger charge is -2.31. The topological polar surface area (TPSA) is 87.7 Å². The molecule has 150 valence electrons. The van der Waals surface area contributed by atoms with Gasteiger partial charge in [-0.3, -0.25) is 9.59 Å². The van der Waals surface area contributed by atoms with Crippen molar-refractivity contribution in [2.45, 2.75) is 12.8 Å². The van der Waals surface area contributed by atoms with Crippen molar-refractivity contribution in [1.82, 2.24) is 4.90 Å². The number of anilines is 2. The van der Waals surface area contributed by atoms with E-state index in [0.717, 1.165) is 0 Å². The highest BCUT2D eigenvalue weighted by Crippen LogP contribution is 2.31. The molecule has 4 rings (SSSR count). The average Bonchev–Trinajstić information content (AvgIpc) is 2.73. The van der Waals surface area contributed by atoms with Crippen molar-refractivity contribution in [3.63, 3.8) is 0 Å². The Hall–Kier alpha value is -3.06. The summed E-state index contributed by atoms with van der Waals surface area (Å²) in [6.07, 6.45) is 1.17. The minimum atomic E-state index is -0.235. The number of carbonyl (C=O) groups is 3. The van der Waals surface area contributed by atoms with Crippen LogP contribution < -0.4 is 15.4 Å². The minimum Gasteiger partial charge on any atom is -0.482 e. The van der Waals surface area contributed by atoms with E-state index in [1.165, 1.54) is 0 Å². The highest BCUT2D eigenvalue weighted by atomic mass is 35.5. The van der Waals surface area contributed by atoms with Gasteiger partial charge in [-0.2, -0.15) is 0 Å². The van der Waals surface area contributed by atoms with Crippen LogP contribution in [0.25, 0.3) is 0 Å². The molecule has 2 heterocycles. The van der Waals surface area contributed by atoms with Crippen LogP contribution >= 0.6 is 11.6 Å². The summed E-state index contributed by atoms with van der Waals surface area (Å²) >= 11 is 5.95. The van der Waals surface area contributed by atoms with E-state index in [4.69, 9.17) is 16.3 Å². The quantitative estimate of drug-likeness (QED) is 0.749. The zero-order valence-corrected chi connectivity index (χ0v) is 16.4.